The monoisotopic (exact) mass is 676 g/mol. The smallest absolute Gasteiger partial charge is 0.355 e. The average molecular weight is 677 g/mol. The van der Waals surface area contributed by atoms with E-state index in [1.807, 2.05) is 24.3 Å². The first-order valence-corrected chi connectivity index (χ1v) is 16.2. The third-order valence-corrected chi connectivity index (χ3v) is 9.32. The highest BCUT2D eigenvalue weighted by atomic mass is 16.5. The lowest BCUT2D eigenvalue weighted by atomic mass is 9.86. The van der Waals surface area contributed by atoms with Crippen LogP contribution in [0, 0.1) is 0 Å². The molecule has 2 aliphatic rings. The Morgan fingerprint density at radius 3 is 1.64 bits per heavy atom. The number of H-pyrrole nitrogens is 4. The second-order valence-electron chi connectivity index (χ2n) is 13.7. The predicted octanol–water partition coefficient (Wildman–Crippen LogP) is 6.26. The van der Waals surface area contributed by atoms with Crippen molar-refractivity contribution in [1.29, 1.82) is 0 Å². The molecular weight excluding hydrogens is 640 g/mol. The molecule has 0 spiro atoms. The van der Waals surface area contributed by atoms with Gasteiger partial charge in [-0.25, -0.2) is 9.59 Å². The molecule has 4 aromatic heterocycles. The number of carboxylic acid groups (broad SMARTS) is 1. The van der Waals surface area contributed by atoms with E-state index in [1.54, 1.807) is 37.4 Å². The Labute approximate surface area is 285 Å². The summed E-state index contributed by atoms with van der Waals surface area (Å²) in [7, 11) is 0. The van der Waals surface area contributed by atoms with Crippen molar-refractivity contribution in [2.45, 2.75) is 45.4 Å². The second-order valence-corrected chi connectivity index (χ2v) is 13.7. The van der Waals surface area contributed by atoms with Crippen LogP contribution in [0.15, 0.2) is 70.5 Å². The molecule has 0 unspecified atom stereocenters. The maximum atomic E-state index is 12.5. The van der Waals surface area contributed by atoms with Crippen molar-refractivity contribution in [3.63, 3.8) is 0 Å². The first-order chi connectivity index (χ1) is 23.8. The van der Waals surface area contributed by atoms with Gasteiger partial charge in [0.15, 0.2) is 0 Å². The standard InChI is InChI=1S/C20H20N2O4.C18H16N2O4/c1-4-25-19(24)16-14(11-6-5-9-21-18(11)23)15-13(22-16)8-7-12-17(15)26-10-20(12,2)3;1-18(2)8-24-15-10(18)5-6-11-13(15)12(14(20-11)17(22)23)9-4-3-7-19-16(9)21/h5-9,22H,4,10H2,1-3H3,(H,21,23);3-7,20H,8H2,1-2H3,(H,19,21)(H,22,23). The van der Waals surface area contributed by atoms with E-state index < -0.39 is 11.9 Å². The number of aromatic carboxylic acids is 1. The molecule has 12 heteroatoms. The maximum absolute atomic E-state index is 12.5. The van der Waals surface area contributed by atoms with Crippen LogP contribution in [-0.4, -0.2) is 56.8 Å². The van der Waals surface area contributed by atoms with Crippen LogP contribution in [0.25, 0.3) is 44.1 Å². The van der Waals surface area contributed by atoms with Gasteiger partial charge in [-0.1, -0.05) is 39.8 Å². The first kappa shape index (κ1) is 32.5. The van der Waals surface area contributed by atoms with Gasteiger partial charge in [-0.2, -0.15) is 0 Å². The fraction of sp³-hybridized carbons (Fsp3) is 0.263. The molecule has 0 bridgehead atoms. The molecule has 0 amide bonds. The van der Waals surface area contributed by atoms with Gasteiger partial charge in [-0.15, -0.1) is 0 Å². The van der Waals surface area contributed by atoms with Crippen LogP contribution in [0.5, 0.6) is 11.5 Å². The molecule has 2 aromatic carbocycles. The van der Waals surface area contributed by atoms with Crippen molar-refractivity contribution < 1.29 is 28.9 Å². The number of aromatic nitrogens is 4. The van der Waals surface area contributed by atoms with Gasteiger partial charge in [-0.05, 0) is 43.3 Å². The Kier molecular flexibility index (Phi) is 7.69. The molecule has 256 valence electrons. The zero-order chi connectivity index (χ0) is 35.5. The summed E-state index contributed by atoms with van der Waals surface area (Å²) in [5.74, 6) is -0.236. The molecule has 6 aromatic rings. The summed E-state index contributed by atoms with van der Waals surface area (Å²) >= 11 is 0. The van der Waals surface area contributed by atoms with Gasteiger partial charge in [0.05, 0.1) is 52.8 Å². The fourth-order valence-corrected chi connectivity index (χ4v) is 6.83. The van der Waals surface area contributed by atoms with E-state index >= 15 is 0 Å². The number of nitrogens with one attached hydrogen (secondary N) is 4. The summed E-state index contributed by atoms with van der Waals surface area (Å²) in [6.45, 7) is 11.4. The van der Waals surface area contributed by atoms with Crippen LogP contribution in [0.2, 0.25) is 0 Å². The van der Waals surface area contributed by atoms with Crippen molar-refractivity contribution in [2.75, 3.05) is 19.8 Å². The van der Waals surface area contributed by atoms with Crippen molar-refractivity contribution in [2.24, 2.45) is 0 Å². The molecular formula is C38H36N4O8. The van der Waals surface area contributed by atoms with Gasteiger partial charge >= 0.3 is 11.9 Å². The lowest BCUT2D eigenvalue weighted by molar-refractivity contribution is 0.0521. The van der Waals surface area contributed by atoms with E-state index in [1.165, 1.54) is 6.20 Å². The zero-order valence-electron chi connectivity index (χ0n) is 28.2. The van der Waals surface area contributed by atoms with Gasteiger partial charge in [-0.3, -0.25) is 9.59 Å². The number of hydrogen-bond acceptors (Lipinski definition) is 7. The van der Waals surface area contributed by atoms with Gasteiger partial charge in [0.2, 0.25) is 0 Å². The molecule has 0 radical (unpaired) electrons. The fourth-order valence-electron chi connectivity index (χ4n) is 6.83. The van der Waals surface area contributed by atoms with E-state index in [-0.39, 0.29) is 39.9 Å². The summed E-state index contributed by atoms with van der Waals surface area (Å²) in [6, 6.07) is 14.5. The molecule has 50 heavy (non-hydrogen) atoms. The number of pyridine rings is 2. The molecule has 8 rings (SSSR count). The number of benzene rings is 2. The molecule has 5 N–H and O–H groups in total. The number of carboxylic acids is 1. The van der Waals surface area contributed by atoms with Gasteiger partial charge in [0, 0.05) is 45.5 Å². The summed E-state index contributed by atoms with van der Waals surface area (Å²) in [5.41, 5.74) is 4.41. The molecule has 0 aliphatic carbocycles. The van der Waals surface area contributed by atoms with Gasteiger partial charge < -0.3 is 39.3 Å². The minimum atomic E-state index is -1.12. The molecule has 0 saturated heterocycles. The van der Waals surface area contributed by atoms with Gasteiger partial charge in [0.25, 0.3) is 11.1 Å². The normalized spacial score (nSPS) is 15.1. The van der Waals surface area contributed by atoms with E-state index in [9.17, 15) is 24.3 Å². The molecule has 2 aliphatic heterocycles. The quantitative estimate of drug-likeness (QED) is 0.133. The summed E-state index contributed by atoms with van der Waals surface area (Å²) < 4.78 is 17.1. The number of hydrogen-bond donors (Lipinski definition) is 5. The molecule has 0 fully saturated rings. The predicted molar refractivity (Wildman–Crippen MR) is 189 cm³/mol. The van der Waals surface area contributed by atoms with E-state index in [0.717, 1.165) is 27.8 Å². The largest absolute Gasteiger partial charge is 0.492 e. The van der Waals surface area contributed by atoms with Crippen LogP contribution in [0.4, 0.5) is 0 Å². The Morgan fingerprint density at radius 1 is 0.740 bits per heavy atom. The SMILES string of the molecule is CC1(C)COc2c1ccc1[nH]c(C(=O)O)c(-c3ccc[nH]c3=O)c21.CCOC(=O)c1[nH]c2ccc3c(c2c1-c1ccc[nH]c1=O)OCC3(C)C. The third kappa shape index (κ3) is 5.15. The second kappa shape index (κ2) is 11.8. The summed E-state index contributed by atoms with van der Waals surface area (Å²) in [4.78, 5) is 60.3. The van der Waals surface area contributed by atoms with E-state index in [0.29, 0.717) is 52.1 Å². The third-order valence-electron chi connectivity index (χ3n) is 9.32. The highest BCUT2D eigenvalue weighted by molar-refractivity contribution is 6.11. The number of rotatable bonds is 5. The Bertz CT molecular complexity index is 2460. The number of carbonyl (C=O) groups is 2. The number of ether oxygens (including phenoxy) is 3. The van der Waals surface area contributed by atoms with Gasteiger partial charge in [0.1, 0.15) is 22.9 Å². The zero-order valence-corrected chi connectivity index (χ0v) is 28.2. The minimum absolute atomic E-state index is 0.0107. The Balaban J connectivity index is 0.000000157. The number of aromatic amines is 4. The molecule has 6 heterocycles. The van der Waals surface area contributed by atoms with E-state index in [4.69, 9.17) is 14.2 Å². The molecule has 0 atom stereocenters. The molecule has 12 nitrogen and oxygen atoms in total. The van der Waals surface area contributed by atoms with Crippen molar-refractivity contribution in [3.05, 3.63) is 104 Å². The maximum Gasteiger partial charge on any atom is 0.355 e. The number of carbonyl (C=O) groups excluding carboxylic acids is 1. The van der Waals surface area contributed by atoms with Crippen LogP contribution in [-0.2, 0) is 15.6 Å². The van der Waals surface area contributed by atoms with Crippen LogP contribution >= 0.6 is 0 Å². The number of esters is 1. The summed E-state index contributed by atoms with van der Waals surface area (Å²) in [5, 5.41) is 11.0. The number of fused-ring (bicyclic) bond motifs is 6. The lowest BCUT2D eigenvalue weighted by Crippen LogP contribution is -2.18. The van der Waals surface area contributed by atoms with Crippen molar-refractivity contribution in [1.82, 2.24) is 19.9 Å². The first-order valence-electron chi connectivity index (χ1n) is 16.2. The lowest BCUT2D eigenvalue weighted by Gasteiger charge is -2.14. The van der Waals surface area contributed by atoms with E-state index in [2.05, 4.69) is 47.6 Å². The van der Waals surface area contributed by atoms with Crippen molar-refractivity contribution in [3.8, 4) is 33.8 Å². The minimum Gasteiger partial charge on any atom is -0.492 e. The Morgan fingerprint density at radius 2 is 1.20 bits per heavy atom. The van der Waals surface area contributed by atoms with Crippen LogP contribution in [0.1, 0.15) is 66.7 Å². The highest BCUT2D eigenvalue weighted by Gasteiger charge is 2.37. The summed E-state index contributed by atoms with van der Waals surface area (Å²) in [6.07, 6.45) is 3.08. The highest BCUT2D eigenvalue weighted by Crippen LogP contribution is 2.48. The van der Waals surface area contributed by atoms with Crippen LogP contribution < -0.4 is 20.6 Å². The Hall–Kier alpha value is -6.04. The topological polar surface area (TPSA) is 179 Å². The average Bonchev–Trinajstić information content (AvgIpc) is 3.82. The molecule has 0 saturated carbocycles. The van der Waals surface area contributed by atoms with Crippen LogP contribution in [0.3, 0.4) is 0 Å². The van der Waals surface area contributed by atoms with Crippen molar-refractivity contribution >= 4 is 33.7 Å².